The molecular weight excluding hydrogens is 300 g/mol. The molecule has 0 fully saturated rings. The third-order valence-corrected chi connectivity index (χ3v) is 3.05. The number of rotatable bonds is 1. The van der Waals surface area contributed by atoms with Crippen LogP contribution in [-0.4, -0.2) is 27.8 Å². The number of aromatic nitrogens is 2. The summed E-state index contributed by atoms with van der Waals surface area (Å²) in [6.45, 7) is 1.85. The van der Waals surface area contributed by atoms with Crippen molar-refractivity contribution >= 4 is 33.4 Å². The van der Waals surface area contributed by atoms with Gasteiger partial charge in [-0.05, 0) is 35.0 Å². The van der Waals surface area contributed by atoms with Crippen molar-refractivity contribution in [3.8, 4) is 0 Å². The van der Waals surface area contributed by atoms with E-state index in [1.807, 2.05) is 29.7 Å². The van der Waals surface area contributed by atoms with Gasteiger partial charge in [-0.2, -0.15) is 0 Å². The van der Waals surface area contributed by atoms with E-state index in [1.54, 1.807) is 0 Å². The molecule has 1 aliphatic rings. The van der Waals surface area contributed by atoms with E-state index < -0.39 is 0 Å². The summed E-state index contributed by atoms with van der Waals surface area (Å²) in [5.41, 5.74) is 4.73. The van der Waals surface area contributed by atoms with Crippen LogP contribution in [0.4, 0.5) is 0 Å². The average Bonchev–Trinajstić information content (AvgIpc) is 2.66. The van der Waals surface area contributed by atoms with Crippen LogP contribution in [0.2, 0.25) is 0 Å². The number of ether oxygens (including phenoxy) is 1. The zero-order valence-electron chi connectivity index (χ0n) is 9.48. The first kappa shape index (κ1) is 11.2. The maximum atomic E-state index is 11.0. The lowest BCUT2D eigenvalue weighted by Gasteiger charge is -2.13. The fraction of sp³-hybridized carbons (Fsp3) is 0.182. The van der Waals surface area contributed by atoms with E-state index in [-0.39, 0.29) is 12.5 Å². The Hall–Kier alpha value is -1.89. The number of nitrogens with zero attached hydrogens (tertiary/aromatic N) is 3. The van der Waals surface area contributed by atoms with E-state index in [0.29, 0.717) is 5.90 Å². The Balaban J connectivity index is 2.19. The van der Waals surface area contributed by atoms with Gasteiger partial charge < -0.3 is 4.74 Å². The fourth-order valence-electron chi connectivity index (χ4n) is 1.83. The smallest absolute Gasteiger partial charge is 0.278 e. The van der Waals surface area contributed by atoms with Gasteiger partial charge in [-0.15, -0.1) is 5.10 Å². The lowest BCUT2D eigenvalue weighted by molar-refractivity contribution is -0.124. The lowest BCUT2D eigenvalue weighted by atomic mass is 10.3. The van der Waals surface area contributed by atoms with Gasteiger partial charge in [0.05, 0.1) is 5.69 Å². The molecule has 1 aliphatic heterocycles. The molecule has 0 unspecified atom stereocenters. The van der Waals surface area contributed by atoms with Gasteiger partial charge in [0.1, 0.15) is 11.3 Å². The SMILES string of the molecule is Cc1nc2ccc(Br)cn2c1C1=NNC(=O)CO1. The van der Waals surface area contributed by atoms with Crippen LogP contribution in [0, 0.1) is 6.92 Å². The van der Waals surface area contributed by atoms with Crippen LogP contribution in [0.1, 0.15) is 11.4 Å². The van der Waals surface area contributed by atoms with Crippen molar-refractivity contribution < 1.29 is 9.53 Å². The topological polar surface area (TPSA) is 68.0 Å². The van der Waals surface area contributed by atoms with E-state index >= 15 is 0 Å². The first-order valence-corrected chi connectivity index (χ1v) is 6.08. The summed E-state index contributed by atoms with van der Waals surface area (Å²) in [5.74, 6) is 0.115. The molecule has 1 N–H and O–H groups in total. The van der Waals surface area contributed by atoms with Gasteiger partial charge in [-0.1, -0.05) is 0 Å². The summed E-state index contributed by atoms with van der Waals surface area (Å²) in [6.07, 6.45) is 1.88. The molecule has 2 aromatic rings. The first-order chi connectivity index (χ1) is 8.65. The standard InChI is InChI=1S/C11H9BrN4O2/c1-6-10(11-15-14-9(17)5-18-11)16-4-7(12)2-3-8(16)13-6/h2-4H,5H2,1H3,(H,14,17). The number of fused-ring (bicyclic) bond motifs is 1. The summed E-state index contributed by atoms with van der Waals surface area (Å²) in [7, 11) is 0. The number of hydrogen-bond acceptors (Lipinski definition) is 4. The zero-order valence-corrected chi connectivity index (χ0v) is 11.1. The minimum Gasteiger partial charge on any atom is -0.465 e. The van der Waals surface area contributed by atoms with E-state index in [0.717, 1.165) is 21.5 Å². The summed E-state index contributed by atoms with van der Waals surface area (Å²) >= 11 is 3.41. The Morgan fingerprint density at radius 2 is 2.33 bits per heavy atom. The van der Waals surface area contributed by atoms with Gasteiger partial charge in [-0.25, -0.2) is 10.4 Å². The van der Waals surface area contributed by atoms with Crippen LogP contribution < -0.4 is 5.43 Å². The van der Waals surface area contributed by atoms with E-state index in [4.69, 9.17) is 4.74 Å². The van der Waals surface area contributed by atoms with Gasteiger partial charge in [0.2, 0.25) is 0 Å². The van der Waals surface area contributed by atoms with Gasteiger partial charge in [0, 0.05) is 10.7 Å². The van der Waals surface area contributed by atoms with Crippen LogP contribution in [0.25, 0.3) is 5.65 Å². The number of imidazole rings is 1. The number of hydrogen-bond donors (Lipinski definition) is 1. The van der Waals surface area contributed by atoms with Crippen molar-refractivity contribution in [2.24, 2.45) is 5.10 Å². The third-order valence-electron chi connectivity index (χ3n) is 2.58. The molecule has 0 saturated carbocycles. The maximum Gasteiger partial charge on any atom is 0.278 e. The fourth-order valence-corrected chi connectivity index (χ4v) is 2.16. The highest BCUT2D eigenvalue weighted by atomic mass is 79.9. The van der Waals surface area contributed by atoms with Crippen LogP contribution >= 0.6 is 15.9 Å². The molecule has 0 spiro atoms. The molecule has 0 aromatic carbocycles. The second kappa shape index (κ2) is 4.09. The molecule has 7 heteroatoms. The van der Waals surface area contributed by atoms with Crippen molar-refractivity contribution in [3.05, 3.63) is 34.2 Å². The molecule has 0 bridgehead atoms. The number of carbonyl (C=O) groups excluding carboxylic acids is 1. The highest BCUT2D eigenvalue weighted by Gasteiger charge is 2.20. The van der Waals surface area contributed by atoms with Crippen molar-refractivity contribution in [2.75, 3.05) is 6.61 Å². The molecule has 0 saturated heterocycles. The average molecular weight is 309 g/mol. The number of amides is 1. The third kappa shape index (κ3) is 1.76. The number of halogens is 1. The van der Waals surface area contributed by atoms with E-state index in [2.05, 4.69) is 31.4 Å². The lowest BCUT2D eigenvalue weighted by Crippen LogP contribution is -2.32. The Morgan fingerprint density at radius 3 is 3.06 bits per heavy atom. The molecule has 1 amide bonds. The highest BCUT2D eigenvalue weighted by Crippen LogP contribution is 2.18. The summed E-state index contributed by atoms with van der Waals surface area (Å²) < 4.78 is 8.12. The molecule has 2 aromatic heterocycles. The van der Waals surface area contributed by atoms with Gasteiger partial charge in [-0.3, -0.25) is 9.20 Å². The zero-order chi connectivity index (χ0) is 12.7. The van der Waals surface area contributed by atoms with Crippen molar-refractivity contribution in [1.82, 2.24) is 14.8 Å². The molecule has 0 radical (unpaired) electrons. The first-order valence-electron chi connectivity index (χ1n) is 5.29. The Morgan fingerprint density at radius 1 is 1.50 bits per heavy atom. The molecule has 3 rings (SSSR count). The van der Waals surface area contributed by atoms with Crippen LogP contribution in [0.5, 0.6) is 0 Å². The normalized spacial score (nSPS) is 15.2. The van der Waals surface area contributed by atoms with Crippen LogP contribution in [0.3, 0.4) is 0 Å². The molecular formula is C11H9BrN4O2. The number of hydrazone groups is 1. The van der Waals surface area contributed by atoms with Crippen LogP contribution in [-0.2, 0) is 9.53 Å². The monoisotopic (exact) mass is 308 g/mol. The maximum absolute atomic E-state index is 11.0. The predicted molar refractivity (Wildman–Crippen MR) is 68.3 cm³/mol. The molecule has 0 atom stereocenters. The van der Waals surface area contributed by atoms with E-state index in [1.165, 1.54) is 0 Å². The van der Waals surface area contributed by atoms with Crippen molar-refractivity contribution in [2.45, 2.75) is 6.92 Å². The Bertz CT molecular complexity index is 677. The quantitative estimate of drug-likeness (QED) is 0.861. The van der Waals surface area contributed by atoms with Gasteiger partial charge in [0.15, 0.2) is 6.61 Å². The number of aryl methyl sites for hydroxylation is 1. The highest BCUT2D eigenvalue weighted by molar-refractivity contribution is 9.10. The minimum atomic E-state index is -0.258. The number of carbonyl (C=O) groups is 1. The number of nitrogens with one attached hydrogen (secondary N) is 1. The summed E-state index contributed by atoms with van der Waals surface area (Å²) in [5, 5.41) is 3.91. The Labute approximate surface area is 111 Å². The van der Waals surface area contributed by atoms with E-state index in [9.17, 15) is 4.79 Å². The largest absolute Gasteiger partial charge is 0.465 e. The second-order valence-corrected chi connectivity index (χ2v) is 4.78. The second-order valence-electron chi connectivity index (χ2n) is 3.86. The van der Waals surface area contributed by atoms with Crippen LogP contribution in [0.15, 0.2) is 27.9 Å². The summed E-state index contributed by atoms with van der Waals surface area (Å²) in [4.78, 5) is 15.4. The molecule has 18 heavy (non-hydrogen) atoms. The molecule has 3 heterocycles. The van der Waals surface area contributed by atoms with Crippen molar-refractivity contribution in [1.29, 1.82) is 0 Å². The van der Waals surface area contributed by atoms with Gasteiger partial charge in [0.25, 0.3) is 11.8 Å². The molecule has 0 aliphatic carbocycles. The predicted octanol–water partition coefficient (Wildman–Crippen LogP) is 1.21. The van der Waals surface area contributed by atoms with Crippen molar-refractivity contribution in [3.63, 3.8) is 0 Å². The van der Waals surface area contributed by atoms with Gasteiger partial charge >= 0.3 is 0 Å². The summed E-state index contributed by atoms with van der Waals surface area (Å²) in [6, 6.07) is 3.80. The molecule has 92 valence electrons. The minimum absolute atomic E-state index is 0.0283. The molecule has 6 nitrogen and oxygen atoms in total. The Kier molecular flexibility index (Phi) is 2.55. The number of pyridine rings is 1.